The minimum atomic E-state index is -3.31. The first kappa shape index (κ1) is 20.2. The maximum atomic E-state index is 12.8. The molecule has 1 N–H and O–H groups in total. The Balaban J connectivity index is 1.51. The molecule has 0 aromatic carbocycles. The van der Waals surface area contributed by atoms with Gasteiger partial charge in [0.05, 0.1) is 16.6 Å². The molecule has 0 spiro atoms. The number of nitrogens with zero attached hydrogens (tertiary/aromatic N) is 4. The first-order chi connectivity index (χ1) is 13.8. The minimum Gasteiger partial charge on any atom is -0.300 e. The number of thiazole rings is 2. The molecule has 1 amide bonds. The lowest BCUT2D eigenvalue weighted by atomic mass is 10.2. The zero-order valence-electron chi connectivity index (χ0n) is 16.2. The molecule has 29 heavy (non-hydrogen) atoms. The van der Waals surface area contributed by atoms with Gasteiger partial charge >= 0.3 is 0 Å². The van der Waals surface area contributed by atoms with Crippen molar-refractivity contribution >= 4 is 43.7 Å². The van der Waals surface area contributed by atoms with Crippen LogP contribution in [0.2, 0.25) is 0 Å². The van der Waals surface area contributed by atoms with Crippen LogP contribution in [0.15, 0.2) is 24.5 Å². The van der Waals surface area contributed by atoms with Crippen molar-refractivity contribution in [1.82, 2.24) is 18.8 Å². The molecular formula is C18H21N5O3S3. The highest BCUT2D eigenvalue weighted by Gasteiger charge is 2.31. The highest BCUT2D eigenvalue weighted by molar-refractivity contribution is 7.89. The molecular weight excluding hydrogens is 430 g/mol. The molecule has 11 heteroatoms. The summed E-state index contributed by atoms with van der Waals surface area (Å²) in [7, 11) is -3.31. The van der Waals surface area contributed by atoms with Crippen molar-refractivity contribution in [1.29, 1.82) is 0 Å². The topological polar surface area (TPSA) is 97.2 Å². The third kappa shape index (κ3) is 3.87. The summed E-state index contributed by atoms with van der Waals surface area (Å²) < 4.78 is 28.2. The van der Waals surface area contributed by atoms with E-state index in [1.54, 1.807) is 20.8 Å². The molecule has 8 nitrogen and oxygen atoms in total. The van der Waals surface area contributed by atoms with Crippen molar-refractivity contribution in [3.63, 3.8) is 0 Å². The monoisotopic (exact) mass is 451 g/mol. The molecule has 0 aliphatic carbocycles. The van der Waals surface area contributed by atoms with Crippen LogP contribution < -0.4 is 5.32 Å². The van der Waals surface area contributed by atoms with Crippen LogP contribution in [0.25, 0.3) is 5.13 Å². The van der Waals surface area contributed by atoms with Gasteiger partial charge in [0.25, 0.3) is 5.91 Å². The molecule has 4 rings (SSSR count). The summed E-state index contributed by atoms with van der Waals surface area (Å²) in [5.41, 5.74) is 1.52. The molecule has 0 bridgehead atoms. The standard InChI is InChI=1S/C18H21N5O3S3/c1-11(2)29(25,26)23-9-6-13-14(10-23)27-17(20-13)21-16(24)15-12(3)19-18(28-15)22-7-4-5-8-22/h4-5,7-8,11H,6,9-10H2,1-3H3,(H,20,21,24). The van der Waals surface area contributed by atoms with Crippen LogP contribution >= 0.6 is 22.7 Å². The first-order valence-electron chi connectivity index (χ1n) is 9.15. The fourth-order valence-electron chi connectivity index (χ4n) is 3.06. The van der Waals surface area contributed by atoms with Crippen LogP contribution in [0.5, 0.6) is 0 Å². The van der Waals surface area contributed by atoms with E-state index in [-0.39, 0.29) is 5.91 Å². The summed E-state index contributed by atoms with van der Waals surface area (Å²) in [6, 6.07) is 3.80. The maximum Gasteiger partial charge on any atom is 0.269 e. The number of nitrogens with one attached hydrogen (secondary N) is 1. The van der Waals surface area contributed by atoms with Gasteiger partial charge in [-0.2, -0.15) is 4.31 Å². The number of hydrogen-bond acceptors (Lipinski definition) is 7. The summed E-state index contributed by atoms with van der Waals surface area (Å²) in [5.74, 6) is -0.254. The number of amides is 1. The molecule has 1 aliphatic rings. The van der Waals surface area contributed by atoms with E-state index >= 15 is 0 Å². The average Bonchev–Trinajstić information content (AvgIpc) is 3.39. The third-order valence-electron chi connectivity index (χ3n) is 4.69. The van der Waals surface area contributed by atoms with Crippen LogP contribution in [-0.2, 0) is 23.0 Å². The first-order valence-corrected chi connectivity index (χ1v) is 12.3. The Hall–Kier alpha value is -2.08. The van der Waals surface area contributed by atoms with E-state index in [1.807, 2.05) is 29.1 Å². The van der Waals surface area contributed by atoms with Gasteiger partial charge in [0.15, 0.2) is 10.3 Å². The van der Waals surface area contributed by atoms with Gasteiger partial charge in [-0.15, -0.1) is 11.3 Å². The summed E-state index contributed by atoms with van der Waals surface area (Å²) in [6.45, 7) is 5.89. The van der Waals surface area contributed by atoms with Crippen molar-refractivity contribution in [2.24, 2.45) is 0 Å². The molecule has 1 aliphatic heterocycles. The number of carbonyl (C=O) groups excluding carboxylic acids is 1. The minimum absolute atomic E-state index is 0.254. The maximum absolute atomic E-state index is 12.8. The lowest BCUT2D eigenvalue weighted by Gasteiger charge is -2.26. The molecule has 0 fully saturated rings. The Morgan fingerprint density at radius 2 is 1.93 bits per heavy atom. The van der Waals surface area contributed by atoms with E-state index in [0.29, 0.717) is 35.2 Å². The number of hydrogen-bond donors (Lipinski definition) is 1. The van der Waals surface area contributed by atoms with Gasteiger partial charge in [-0.05, 0) is 32.9 Å². The molecule has 0 unspecified atom stereocenters. The average molecular weight is 452 g/mol. The lowest BCUT2D eigenvalue weighted by molar-refractivity contribution is 0.103. The van der Waals surface area contributed by atoms with Crippen molar-refractivity contribution in [2.75, 3.05) is 11.9 Å². The number of anilines is 1. The van der Waals surface area contributed by atoms with Crippen molar-refractivity contribution < 1.29 is 13.2 Å². The Kier molecular flexibility index (Phi) is 5.32. The molecule has 0 saturated carbocycles. The van der Waals surface area contributed by atoms with Crippen LogP contribution in [0.4, 0.5) is 5.13 Å². The van der Waals surface area contributed by atoms with Gasteiger partial charge < -0.3 is 4.57 Å². The van der Waals surface area contributed by atoms with Gasteiger partial charge in [-0.3, -0.25) is 10.1 Å². The second-order valence-corrected chi connectivity index (χ2v) is 11.6. The summed E-state index contributed by atoms with van der Waals surface area (Å²) in [4.78, 5) is 23.1. The smallest absolute Gasteiger partial charge is 0.269 e. The second kappa shape index (κ2) is 7.63. The van der Waals surface area contributed by atoms with E-state index < -0.39 is 15.3 Å². The molecule has 3 aromatic rings. The predicted molar refractivity (Wildman–Crippen MR) is 114 cm³/mol. The molecule has 0 radical (unpaired) electrons. The summed E-state index contributed by atoms with van der Waals surface area (Å²) in [6.07, 6.45) is 4.31. The number of aromatic nitrogens is 3. The summed E-state index contributed by atoms with van der Waals surface area (Å²) in [5, 5.41) is 3.61. The van der Waals surface area contributed by atoms with Crippen molar-refractivity contribution in [3.8, 4) is 5.13 Å². The van der Waals surface area contributed by atoms with E-state index in [2.05, 4.69) is 15.3 Å². The van der Waals surface area contributed by atoms with E-state index in [4.69, 9.17) is 0 Å². The fourth-order valence-corrected chi connectivity index (χ4v) is 6.34. The number of carbonyl (C=O) groups is 1. The number of sulfonamides is 1. The van der Waals surface area contributed by atoms with Crippen LogP contribution in [0.1, 0.15) is 39.8 Å². The molecule has 3 aromatic heterocycles. The SMILES string of the molecule is Cc1nc(-n2cccc2)sc1C(=O)Nc1nc2c(s1)CN(S(=O)(=O)C(C)C)CC2. The molecule has 4 heterocycles. The second-order valence-electron chi connectivity index (χ2n) is 7.02. The van der Waals surface area contributed by atoms with E-state index in [9.17, 15) is 13.2 Å². The number of fused-ring (bicyclic) bond motifs is 1. The van der Waals surface area contributed by atoms with Crippen LogP contribution in [-0.4, -0.2) is 45.0 Å². The normalized spacial score (nSPS) is 14.9. The van der Waals surface area contributed by atoms with Crippen LogP contribution in [0.3, 0.4) is 0 Å². The Bertz CT molecular complexity index is 1150. The van der Waals surface area contributed by atoms with E-state index in [0.717, 1.165) is 15.7 Å². The van der Waals surface area contributed by atoms with Gasteiger partial charge in [0.1, 0.15) is 4.88 Å². The fraction of sp³-hybridized carbons (Fsp3) is 0.389. The predicted octanol–water partition coefficient (Wildman–Crippen LogP) is 3.05. The summed E-state index contributed by atoms with van der Waals surface area (Å²) >= 11 is 2.65. The van der Waals surface area contributed by atoms with Gasteiger partial charge in [-0.25, -0.2) is 18.4 Å². The molecule has 0 saturated heterocycles. The van der Waals surface area contributed by atoms with Gasteiger partial charge in [-0.1, -0.05) is 11.3 Å². The third-order valence-corrected chi connectivity index (χ3v) is 9.08. The van der Waals surface area contributed by atoms with Crippen LogP contribution in [0, 0.1) is 6.92 Å². The van der Waals surface area contributed by atoms with Gasteiger partial charge in [0, 0.05) is 36.8 Å². The Morgan fingerprint density at radius 1 is 1.21 bits per heavy atom. The Labute approximate surface area is 177 Å². The molecule has 0 atom stereocenters. The largest absolute Gasteiger partial charge is 0.300 e. The zero-order chi connectivity index (χ0) is 20.8. The van der Waals surface area contributed by atoms with E-state index in [1.165, 1.54) is 27.0 Å². The highest BCUT2D eigenvalue weighted by Crippen LogP contribution is 2.31. The Morgan fingerprint density at radius 3 is 2.62 bits per heavy atom. The molecule has 154 valence electrons. The number of rotatable bonds is 5. The van der Waals surface area contributed by atoms with Crippen molar-refractivity contribution in [3.05, 3.63) is 45.7 Å². The zero-order valence-corrected chi connectivity index (χ0v) is 18.7. The highest BCUT2D eigenvalue weighted by atomic mass is 32.2. The van der Waals surface area contributed by atoms with Gasteiger partial charge in [0.2, 0.25) is 10.0 Å². The number of aryl methyl sites for hydroxylation is 1. The lowest BCUT2D eigenvalue weighted by Crippen LogP contribution is -2.39. The van der Waals surface area contributed by atoms with Crippen molar-refractivity contribution in [2.45, 2.75) is 39.0 Å². The quantitative estimate of drug-likeness (QED) is 0.643.